The maximum Gasteiger partial charge on any atom is 0.211 e. The fourth-order valence-corrected chi connectivity index (χ4v) is 2.95. The number of amides is 1. The van der Waals surface area contributed by atoms with E-state index < -0.39 is 6.17 Å². The van der Waals surface area contributed by atoms with Crippen molar-refractivity contribution in [2.24, 2.45) is 0 Å². The second-order valence-corrected chi connectivity index (χ2v) is 7.29. The number of carbonyl (C=O) groups excluding carboxylic acids is 3. The van der Waals surface area contributed by atoms with E-state index in [2.05, 4.69) is 6.58 Å². The third kappa shape index (κ3) is 9.60. The third-order valence-electron chi connectivity index (χ3n) is 4.44. The Morgan fingerprint density at radius 2 is 1.79 bits per heavy atom. The smallest absolute Gasteiger partial charge is 0.211 e. The predicted molar refractivity (Wildman–Crippen MR) is 113 cm³/mol. The lowest BCUT2D eigenvalue weighted by Gasteiger charge is -2.39. The molecule has 0 spiro atoms. The number of hydroxylamine groups is 2. The van der Waals surface area contributed by atoms with E-state index in [9.17, 15) is 14.4 Å². The van der Waals surface area contributed by atoms with Gasteiger partial charge in [-0.25, -0.2) is 0 Å². The molecule has 0 fully saturated rings. The minimum absolute atomic E-state index is 0.0525. The summed E-state index contributed by atoms with van der Waals surface area (Å²) in [6.07, 6.45) is 2.86. The fraction of sp³-hybridized carbons (Fsp3) is 0.500. The van der Waals surface area contributed by atoms with Crippen molar-refractivity contribution < 1.29 is 19.2 Å². The molecule has 0 radical (unpaired) electrons. The van der Waals surface area contributed by atoms with Crippen LogP contribution in [0.2, 0.25) is 0 Å². The first kappa shape index (κ1) is 24.7. The van der Waals surface area contributed by atoms with Gasteiger partial charge in [0.1, 0.15) is 18.7 Å². The van der Waals surface area contributed by atoms with Gasteiger partial charge < -0.3 is 14.5 Å². The highest BCUT2D eigenvalue weighted by molar-refractivity contribution is 5.59. The third-order valence-corrected chi connectivity index (χ3v) is 4.44. The Hall–Kier alpha value is -2.35. The summed E-state index contributed by atoms with van der Waals surface area (Å²) in [4.78, 5) is 43.1. The molecule has 1 aromatic carbocycles. The van der Waals surface area contributed by atoms with Gasteiger partial charge >= 0.3 is 0 Å². The Morgan fingerprint density at radius 1 is 1.14 bits per heavy atom. The quantitative estimate of drug-likeness (QED) is 0.182. The minimum Gasteiger partial charge on any atom is -0.319 e. The van der Waals surface area contributed by atoms with E-state index in [1.807, 2.05) is 44.2 Å². The Morgan fingerprint density at radius 3 is 2.34 bits per heavy atom. The van der Waals surface area contributed by atoms with Crippen LogP contribution in [0.1, 0.15) is 25.8 Å². The van der Waals surface area contributed by atoms with Crippen molar-refractivity contribution in [3.05, 3.63) is 48.0 Å². The van der Waals surface area contributed by atoms with Crippen LogP contribution >= 0.6 is 0 Å². The lowest BCUT2D eigenvalue weighted by molar-refractivity contribution is -0.242. The van der Waals surface area contributed by atoms with Crippen molar-refractivity contribution in [3.8, 4) is 0 Å². The van der Waals surface area contributed by atoms with Gasteiger partial charge in [0.2, 0.25) is 6.41 Å². The normalized spacial score (nSPS) is 13.1. The standard InChI is InChI=1S/C22H33N3O4/c1-19(2)10-11-25(29-20(3)16-21-8-6-5-7-9-21)22(17-23(4)12-14-26)24(18-28)13-15-27/h5-9,14-15,18,20,22H,1,10-13,16-17H2,2-4H3. The SMILES string of the molecule is C=C(C)CCN(OC(C)Cc1ccccc1)C(CN(C)CC=O)N(C=O)CC=O. The zero-order chi connectivity index (χ0) is 21.6. The molecule has 1 rings (SSSR count). The van der Waals surface area contributed by atoms with E-state index in [0.29, 0.717) is 38.6 Å². The number of benzene rings is 1. The Balaban J connectivity index is 3.02. The summed E-state index contributed by atoms with van der Waals surface area (Å²) in [7, 11) is 1.79. The number of hydrogen-bond acceptors (Lipinski definition) is 6. The van der Waals surface area contributed by atoms with Crippen molar-refractivity contribution in [1.29, 1.82) is 0 Å². The number of nitrogens with zero attached hydrogens (tertiary/aromatic N) is 3. The summed E-state index contributed by atoms with van der Waals surface area (Å²) in [6.45, 7) is 8.89. The molecular weight excluding hydrogens is 370 g/mol. The minimum atomic E-state index is -0.514. The summed E-state index contributed by atoms with van der Waals surface area (Å²) in [5.41, 5.74) is 2.14. The molecule has 0 N–H and O–H groups in total. The zero-order valence-electron chi connectivity index (χ0n) is 17.7. The molecule has 0 aliphatic rings. The van der Waals surface area contributed by atoms with Crippen molar-refractivity contribution in [3.63, 3.8) is 0 Å². The highest BCUT2D eigenvalue weighted by atomic mass is 16.7. The molecule has 0 saturated carbocycles. The van der Waals surface area contributed by atoms with Crippen molar-refractivity contribution >= 4 is 19.0 Å². The molecule has 160 valence electrons. The fourth-order valence-electron chi connectivity index (χ4n) is 2.95. The van der Waals surface area contributed by atoms with Gasteiger partial charge in [-0.3, -0.25) is 14.5 Å². The molecule has 0 aliphatic carbocycles. The van der Waals surface area contributed by atoms with Crippen LogP contribution in [0.4, 0.5) is 0 Å². The Kier molecular flexibility index (Phi) is 11.7. The molecular formula is C22H33N3O4. The first-order valence-electron chi connectivity index (χ1n) is 9.79. The molecule has 7 nitrogen and oxygen atoms in total. The van der Waals surface area contributed by atoms with Crippen LogP contribution in [0.25, 0.3) is 0 Å². The average Bonchev–Trinajstić information content (AvgIpc) is 2.68. The van der Waals surface area contributed by atoms with E-state index in [0.717, 1.165) is 17.4 Å². The Labute approximate surface area is 173 Å². The maximum absolute atomic E-state index is 11.7. The van der Waals surface area contributed by atoms with Crippen LogP contribution in [-0.2, 0) is 25.6 Å². The maximum atomic E-state index is 11.7. The largest absolute Gasteiger partial charge is 0.319 e. The van der Waals surface area contributed by atoms with Crippen LogP contribution in [0.15, 0.2) is 42.5 Å². The molecule has 1 amide bonds. The molecule has 0 bridgehead atoms. The van der Waals surface area contributed by atoms with Crippen LogP contribution in [0.3, 0.4) is 0 Å². The van der Waals surface area contributed by atoms with Gasteiger partial charge in [0, 0.05) is 19.5 Å². The highest BCUT2D eigenvalue weighted by Gasteiger charge is 2.28. The molecule has 0 aromatic heterocycles. The van der Waals surface area contributed by atoms with Crippen molar-refractivity contribution in [1.82, 2.24) is 14.9 Å². The lowest BCUT2D eigenvalue weighted by Crippen LogP contribution is -2.55. The van der Waals surface area contributed by atoms with E-state index in [1.165, 1.54) is 4.90 Å². The predicted octanol–water partition coefficient (Wildman–Crippen LogP) is 1.93. The number of likely N-dealkylation sites (N-methyl/N-ethyl adjacent to an activating group) is 1. The van der Waals surface area contributed by atoms with Gasteiger partial charge in [0.25, 0.3) is 0 Å². The van der Waals surface area contributed by atoms with E-state index >= 15 is 0 Å². The first-order valence-corrected chi connectivity index (χ1v) is 9.79. The zero-order valence-corrected chi connectivity index (χ0v) is 17.7. The number of rotatable bonds is 16. The summed E-state index contributed by atoms with van der Waals surface area (Å²) < 4.78 is 0. The second-order valence-electron chi connectivity index (χ2n) is 7.29. The van der Waals surface area contributed by atoms with Gasteiger partial charge in [-0.2, -0.15) is 5.06 Å². The molecule has 29 heavy (non-hydrogen) atoms. The van der Waals surface area contributed by atoms with Crippen LogP contribution in [-0.4, -0.2) is 79.3 Å². The van der Waals surface area contributed by atoms with Gasteiger partial charge in [-0.1, -0.05) is 35.9 Å². The van der Waals surface area contributed by atoms with Crippen LogP contribution in [0, 0.1) is 0 Å². The summed E-state index contributed by atoms with van der Waals surface area (Å²) in [5, 5.41) is 1.74. The molecule has 2 atom stereocenters. The molecule has 0 saturated heterocycles. The lowest BCUT2D eigenvalue weighted by atomic mass is 10.1. The summed E-state index contributed by atoms with van der Waals surface area (Å²) in [6, 6.07) is 10.0. The van der Waals surface area contributed by atoms with Gasteiger partial charge in [0.15, 0.2) is 0 Å². The molecule has 2 unspecified atom stereocenters. The average molecular weight is 404 g/mol. The van der Waals surface area contributed by atoms with Gasteiger partial charge in [0.05, 0.1) is 19.2 Å². The molecule has 0 heterocycles. The Bertz CT molecular complexity index is 638. The molecule has 0 aliphatic heterocycles. The van der Waals surface area contributed by atoms with Crippen molar-refractivity contribution in [2.45, 2.75) is 39.0 Å². The first-order chi connectivity index (χ1) is 13.9. The second kappa shape index (κ2) is 13.8. The van der Waals surface area contributed by atoms with Crippen LogP contribution in [0.5, 0.6) is 0 Å². The monoisotopic (exact) mass is 403 g/mol. The van der Waals surface area contributed by atoms with Crippen molar-refractivity contribution in [2.75, 3.05) is 33.2 Å². The van der Waals surface area contributed by atoms with E-state index in [-0.39, 0.29) is 19.2 Å². The number of carbonyl (C=O) groups is 3. The van der Waals surface area contributed by atoms with Crippen LogP contribution < -0.4 is 0 Å². The highest BCUT2D eigenvalue weighted by Crippen LogP contribution is 2.15. The molecule has 7 heteroatoms. The molecule has 1 aromatic rings. The topological polar surface area (TPSA) is 70.2 Å². The number of aldehydes is 2. The van der Waals surface area contributed by atoms with Gasteiger partial charge in [-0.15, -0.1) is 6.58 Å². The van der Waals surface area contributed by atoms with E-state index in [4.69, 9.17) is 4.84 Å². The summed E-state index contributed by atoms with van der Waals surface area (Å²) in [5.74, 6) is 0. The van der Waals surface area contributed by atoms with Gasteiger partial charge in [-0.05, 0) is 32.9 Å². The number of hydrogen-bond donors (Lipinski definition) is 0. The summed E-state index contributed by atoms with van der Waals surface area (Å²) >= 11 is 0. The van der Waals surface area contributed by atoms with E-state index in [1.54, 1.807) is 17.0 Å².